The number of carbonyl (C=O) groups excluding carboxylic acids is 6. The van der Waals surface area contributed by atoms with E-state index < -0.39 is 84.1 Å². The van der Waals surface area contributed by atoms with E-state index in [1.54, 1.807) is 49.4 Å². The second-order valence-electron chi connectivity index (χ2n) is 14.0. The van der Waals surface area contributed by atoms with Gasteiger partial charge >= 0.3 is 5.97 Å². The molecule has 306 valence electrons. The summed E-state index contributed by atoms with van der Waals surface area (Å²) < 4.78 is 0. The number of nitrogens with two attached hydrogens (primary N) is 1. The number of hydrogen-bond acceptors (Lipinski definition) is 10. The monoisotopic (exact) mass is 789 g/mol. The molecule has 2 aromatic carbocycles. The quantitative estimate of drug-likeness (QED) is 0.0689. The number of carbonyl (C=O) groups is 7. The molecule has 1 aliphatic heterocycles. The van der Waals surface area contributed by atoms with E-state index in [0.29, 0.717) is 29.7 Å². The number of benzene rings is 2. The molecule has 0 aliphatic carbocycles. The van der Waals surface area contributed by atoms with Crippen molar-refractivity contribution in [3.63, 3.8) is 0 Å². The Kier molecular flexibility index (Phi) is 16.1. The Bertz CT molecular complexity index is 1840. The zero-order valence-corrected chi connectivity index (χ0v) is 31.9. The predicted octanol–water partition coefficient (Wildman–Crippen LogP) is -0.721. The highest BCUT2D eigenvalue weighted by molar-refractivity contribution is 5.97. The second kappa shape index (κ2) is 21.1. The third-order valence-corrected chi connectivity index (χ3v) is 9.78. The highest BCUT2D eigenvalue weighted by Crippen LogP contribution is 2.21. The Labute approximate surface area is 329 Å². The van der Waals surface area contributed by atoms with Gasteiger partial charge in [-0.25, -0.2) is 9.78 Å². The number of H-pyrrole nitrogens is 1. The number of carboxylic acid groups (broad SMARTS) is 1. The molecule has 1 aromatic heterocycles. The maximum Gasteiger partial charge on any atom is 0.326 e. The summed E-state index contributed by atoms with van der Waals surface area (Å²) in [5, 5.41) is 32.7. The first-order valence-electron chi connectivity index (χ1n) is 18.8. The molecule has 10 N–H and O–H groups in total. The van der Waals surface area contributed by atoms with Crippen molar-refractivity contribution in [2.75, 3.05) is 19.6 Å². The van der Waals surface area contributed by atoms with E-state index in [9.17, 15) is 43.8 Å². The molecule has 6 amide bonds. The number of carboxylic acids is 1. The normalized spacial score (nSPS) is 16.3. The molecule has 4 rings (SSSR count). The average Bonchev–Trinajstić information content (AvgIpc) is 3.92. The zero-order chi connectivity index (χ0) is 41.5. The fourth-order valence-electron chi connectivity index (χ4n) is 6.43. The van der Waals surface area contributed by atoms with Gasteiger partial charge in [0.15, 0.2) is 0 Å². The van der Waals surface area contributed by atoms with E-state index in [2.05, 4.69) is 36.6 Å². The van der Waals surface area contributed by atoms with Gasteiger partial charge in [-0.15, -0.1) is 0 Å². The number of rotatable bonds is 20. The van der Waals surface area contributed by atoms with E-state index in [-0.39, 0.29) is 44.5 Å². The van der Waals surface area contributed by atoms with Gasteiger partial charge in [-0.3, -0.25) is 28.8 Å². The van der Waals surface area contributed by atoms with Gasteiger partial charge in [0.05, 0.1) is 19.4 Å². The van der Waals surface area contributed by atoms with E-state index in [1.807, 2.05) is 6.92 Å². The highest BCUT2D eigenvalue weighted by Gasteiger charge is 2.40. The number of aliphatic carboxylic acids is 1. The number of aromatic nitrogens is 2. The molecule has 0 bridgehead atoms. The number of aromatic hydroxyl groups is 1. The van der Waals surface area contributed by atoms with Crippen LogP contribution in [0.4, 0.5) is 0 Å². The summed E-state index contributed by atoms with van der Waals surface area (Å²) in [6.07, 6.45) is 4.02. The van der Waals surface area contributed by atoms with Gasteiger partial charge in [0.25, 0.3) is 0 Å². The summed E-state index contributed by atoms with van der Waals surface area (Å²) in [6, 6.07) is 8.92. The number of nitrogens with one attached hydrogen (secondary N) is 6. The van der Waals surface area contributed by atoms with Gasteiger partial charge in [0.1, 0.15) is 36.0 Å². The van der Waals surface area contributed by atoms with Crippen LogP contribution in [0.3, 0.4) is 0 Å². The Morgan fingerprint density at radius 3 is 2.18 bits per heavy atom. The molecule has 0 spiro atoms. The standard InChI is InChI=1S/C39H51N9O9/c1-3-23(2)34(47-35(52)28(16-25-11-13-27(49)14-12-25)44-33(51)21-42-32(50)19-40)37(54)45-29(18-26-20-41-22-43-26)38(55)48-15-7-10-31(48)36(53)46-30(39(56)57)17-24-8-5-4-6-9-24/h4-6,8-9,11-14,20,22-23,28-31,34,49H,3,7,10,15-19,21,40H2,1-2H3,(H,41,43)(H,42,50)(H,44,51)(H,45,54)(H,46,53)(H,47,52)(H,56,57)/t23-,28-,29-,30-,31-,34-/m0/s1. The van der Waals surface area contributed by atoms with Crippen molar-refractivity contribution in [3.05, 3.63) is 83.9 Å². The fourth-order valence-corrected chi connectivity index (χ4v) is 6.43. The number of phenols is 1. The van der Waals surface area contributed by atoms with Crippen molar-refractivity contribution in [2.45, 2.75) is 82.6 Å². The van der Waals surface area contributed by atoms with Crippen LogP contribution in [0.25, 0.3) is 0 Å². The number of phenolic OH excluding ortho intramolecular Hbond substituents is 1. The molecule has 0 radical (unpaired) electrons. The Morgan fingerprint density at radius 2 is 1.54 bits per heavy atom. The maximum absolute atomic E-state index is 14.3. The summed E-state index contributed by atoms with van der Waals surface area (Å²) in [5.41, 5.74) is 7.10. The van der Waals surface area contributed by atoms with Crippen LogP contribution in [0.15, 0.2) is 67.1 Å². The molecule has 18 heteroatoms. The molecule has 57 heavy (non-hydrogen) atoms. The van der Waals surface area contributed by atoms with E-state index in [4.69, 9.17) is 5.73 Å². The molecular weight excluding hydrogens is 738 g/mol. The first-order valence-corrected chi connectivity index (χ1v) is 18.8. The zero-order valence-electron chi connectivity index (χ0n) is 31.9. The van der Waals surface area contributed by atoms with Crippen molar-refractivity contribution in [2.24, 2.45) is 11.7 Å². The first-order chi connectivity index (χ1) is 27.3. The van der Waals surface area contributed by atoms with Crippen molar-refractivity contribution in [1.82, 2.24) is 41.5 Å². The average molecular weight is 790 g/mol. The Morgan fingerprint density at radius 1 is 0.860 bits per heavy atom. The lowest BCUT2D eigenvalue weighted by atomic mass is 9.96. The lowest BCUT2D eigenvalue weighted by Crippen LogP contribution is -2.60. The minimum atomic E-state index is -1.25. The lowest BCUT2D eigenvalue weighted by Gasteiger charge is -2.31. The van der Waals surface area contributed by atoms with E-state index >= 15 is 0 Å². The Hall–Kier alpha value is -6.30. The maximum atomic E-state index is 14.3. The molecule has 2 heterocycles. The smallest absolute Gasteiger partial charge is 0.326 e. The predicted molar refractivity (Wildman–Crippen MR) is 206 cm³/mol. The summed E-state index contributed by atoms with van der Waals surface area (Å²) in [4.78, 5) is 101. The molecule has 0 unspecified atom stereocenters. The number of aromatic amines is 1. The first kappa shape index (κ1) is 43.4. The molecule has 1 aliphatic rings. The van der Waals surface area contributed by atoms with E-state index in [1.165, 1.54) is 29.6 Å². The van der Waals surface area contributed by atoms with Crippen LogP contribution in [0.1, 0.15) is 49.9 Å². The molecular formula is C39H51N9O9. The van der Waals surface area contributed by atoms with E-state index in [0.717, 1.165) is 0 Å². The molecule has 18 nitrogen and oxygen atoms in total. The van der Waals surface area contributed by atoms with Crippen molar-refractivity contribution >= 4 is 41.4 Å². The van der Waals surface area contributed by atoms with Gasteiger partial charge in [-0.2, -0.15) is 0 Å². The lowest BCUT2D eigenvalue weighted by molar-refractivity contribution is -0.145. The fraction of sp³-hybridized carbons (Fsp3) is 0.436. The second-order valence-corrected chi connectivity index (χ2v) is 14.0. The largest absolute Gasteiger partial charge is 0.508 e. The van der Waals surface area contributed by atoms with Crippen LogP contribution in [-0.2, 0) is 52.8 Å². The number of hydrogen-bond donors (Lipinski definition) is 9. The van der Waals surface area contributed by atoms with Crippen molar-refractivity contribution in [3.8, 4) is 5.75 Å². The number of imidazole rings is 1. The third kappa shape index (κ3) is 12.9. The summed E-state index contributed by atoms with van der Waals surface area (Å²) in [7, 11) is 0. The van der Waals surface area contributed by atoms with Gasteiger partial charge in [0.2, 0.25) is 35.4 Å². The third-order valence-electron chi connectivity index (χ3n) is 9.78. The molecule has 6 atom stereocenters. The summed E-state index contributed by atoms with van der Waals surface area (Å²) in [5.74, 6) is -5.61. The van der Waals surface area contributed by atoms with Gasteiger partial charge in [-0.05, 0) is 42.0 Å². The highest BCUT2D eigenvalue weighted by atomic mass is 16.4. The number of likely N-dealkylation sites (tertiary alicyclic amines) is 1. The van der Waals surface area contributed by atoms with Crippen LogP contribution >= 0.6 is 0 Å². The van der Waals surface area contributed by atoms with Crippen LogP contribution in [0.2, 0.25) is 0 Å². The minimum Gasteiger partial charge on any atom is -0.508 e. The Balaban J connectivity index is 1.53. The number of nitrogens with zero attached hydrogens (tertiary/aromatic N) is 2. The van der Waals surface area contributed by atoms with Gasteiger partial charge < -0.3 is 52.4 Å². The minimum absolute atomic E-state index is 0.00517. The SMILES string of the molecule is CC[C@H](C)[C@H](NC(=O)[C@H](Cc1ccc(O)cc1)NC(=O)CNC(=O)CN)C(=O)N[C@@H](Cc1cnc[nH]1)C(=O)N1CCC[C@H]1C(=O)N[C@@H](Cc1ccccc1)C(=O)O. The van der Waals surface area contributed by atoms with Crippen molar-refractivity contribution < 1.29 is 43.8 Å². The topological polar surface area (TPSA) is 278 Å². The molecule has 1 fully saturated rings. The van der Waals surface area contributed by atoms with Gasteiger partial charge in [0, 0.05) is 37.7 Å². The van der Waals surface area contributed by atoms with Crippen LogP contribution in [-0.4, -0.2) is 116 Å². The number of amides is 6. The summed E-state index contributed by atoms with van der Waals surface area (Å²) in [6.45, 7) is 2.93. The van der Waals surface area contributed by atoms with Crippen LogP contribution in [0.5, 0.6) is 5.75 Å². The van der Waals surface area contributed by atoms with Gasteiger partial charge in [-0.1, -0.05) is 62.7 Å². The molecule has 3 aromatic rings. The molecule has 1 saturated heterocycles. The van der Waals surface area contributed by atoms with Crippen LogP contribution < -0.4 is 32.3 Å². The molecule has 0 saturated carbocycles. The van der Waals surface area contributed by atoms with Crippen molar-refractivity contribution in [1.29, 1.82) is 0 Å². The van der Waals surface area contributed by atoms with Crippen LogP contribution in [0, 0.1) is 5.92 Å². The summed E-state index contributed by atoms with van der Waals surface area (Å²) >= 11 is 0.